The van der Waals surface area contributed by atoms with E-state index in [0.29, 0.717) is 18.7 Å². The molecule has 0 spiro atoms. The van der Waals surface area contributed by atoms with E-state index >= 15 is 0 Å². The van der Waals surface area contributed by atoms with E-state index in [1.165, 1.54) is 48.7 Å². The molecule has 2 amide bonds. The van der Waals surface area contributed by atoms with Crippen molar-refractivity contribution in [1.29, 1.82) is 0 Å². The normalized spacial score (nSPS) is 18.7. The van der Waals surface area contributed by atoms with Crippen LogP contribution in [-0.2, 0) is 19.6 Å². The molecular formula is C15H21N3O6S. The quantitative estimate of drug-likeness (QED) is 0.563. The molecule has 2 N–H and O–H groups in total. The molecule has 138 valence electrons. The van der Waals surface area contributed by atoms with Gasteiger partial charge in [0, 0.05) is 20.0 Å². The first-order chi connectivity index (χ1) is 11.8. The average Bonchev–Trinajstić information content (AvgIpc) is 2.61. The van der Waals surface area contributed by atoms with Gasteiger partial charge < -0.3 is 9.64 Å². The number of nitrogens with one attached hydrogen (secondary N) is 1. The van der Waals surface area contributed by atoms with Crippen molar-refractivity contribution in [2.24, 2.45) is 0 Å². The third-order valence-electron chi connectivity index (χ3n) is 4.03. The molecule has 0 aromatic heterocycles. The van der Waals surface area contributed by atoms with E-state index < -0.39 is 22.1 Å². The molecule has 1 heterocycles. The molecule has 10 heteroatoms. The minimum Gasteiger partial charge on any atom is -0.497 e. The SMILES string of the molecule is COc1ccc(S(=O)(=O)N2CCCN(C(C)=O)C2CC(=O)NO)cc1. The fourth-order valence-electron chi connectivity index (χ4n) is 2.80. The first-order valence-corrected chi connectivity index (χ1v) is 9.11. The maximum atomic E-state index is 13.0. The number of hydrogen-bond donors (Lipinski definition) is 2. The van der Waals surface area contributed by atoms with Crippen molar-refractivity contribution in [3.63, 3.8) is 0 Å². The maximum Gasteiger partial charge on any atom is 0.246 e. The molecule has 1 fully saturated rings. The van der Waals surface area contributed by atoms with Gasteiger partial charge in [0.15, 0.2) is 0 Å². The van der Waals surface area contributed by atoms with E-state index in [0.717, 1.165) is 4.31 Å². The van der Waals surface area contributed by atoms with Crippen molar-refractivity contribution in [3.05, 3.63) is 24.3 Å². The Balaban J connectivity index is 2.39. The second kappa shape index (κ2) is 7.81. The number of carbonyl (C=O) groups excluding carboxylic acids is 2. The van der Waals surface area contributed by atoms with Crippen LogP contribution in [0.5, 0.6) is 5.75 Å². The van der Waals surface area contributed by atoms with Gasteiger partial charge in [-0.3, -0.25) is 14.8 Å². The molecule has 1 unspecified atom stereocenters. The Labute approximate surface area is 146 Å². The lowest BCUT2D eigenvalue weighted by Gasteiger charge is -2.42. The van der Waals surface area contributed by atoms with Crippen molar-refractivity contribution < 1.29 is 28.0 Å². The molecule has 25 heavy (non-hydrogen) atoms. The lowest BCUT2D eigenvalue weighted by Crippen LogP contribution is -2.58. The third-order valence-corrected chi connectivity index (χ3v) is 5.94. The Morgan fingerprint density at radius 3 is 2.44 bits per heavy atom. The second-order valence-electron chi connectivity index (χ2n) is 5.58. The molecule has 1 aliphatic rings. The summed E-state index contributed by atoms with van der Waals surface area (Å²) in [6, 6.07) is 5.86. The lowest BCUT2D eigenvalue weighted by atomic mass is 10.2. The number of nitrogens with zero attached hydrogens (tertiary/aromatic N) is 2. The summed E-state index contributed by atoms with van der Waals surface area (Å²) in [7, 11) is -2.46. The molecule has 0 bridgehead atoms. The number of sulfonamides is 1. The predicted octanol–water partition coefficient (Wildman–Crippen LogP) is 0.160. The Morgan fingerprint density at radius 2 is 1.92 bits per heavy atom. The topological polar surface area (TPSA) is 116 Å². The fraction of sp³-hybridized carbons (Fsp3) is 0.467. The molecule has 1 atom stereocenters. The monoisotopic (exact) mass is 371 g/mol. The molecule has 2 rings (SSSR count). The second-order valence-corrected chi connectivity index (χ2v) is 7.47. The molecule has 1 aliphatic heterocycles. The van der Waals surface area contributed by atoms with E-state index in [1.807, 2.05) is 0 Å². The molecule has 0 aliphatic carbocycles. The first-order valence-electron chi connectivity index (χ1n) is 7.67. The van der Waals surface area contributed by atoms with Gasteiger partial charge in [0.1, 0.15) is 11.9 Å². The van der Waals surface area contributed by atoms with Crippen molar-refractivity contribution in [1.82, 2.24) is 14.7 Å². The summed E-state index contributed by atoms with van der Waals surface area (Å²) in [6.07, 6.45) is -0.900. The molecular weight excluding hydrogens is 350 g/mol. The van der Waals surface area contributed by atoms with Crippen LogP contribution in [0, 0.1) is 0 Å². The number of carbonyl (C=O) groups is 2. The van der Waals surface area contributed by atoms with Crippen LogP contribution in [0.3, 0.4) is 0 Å². The van der Waals surface area contributed by atoms with Crippen LogP contribution < -0.4 is 10.2 Å². The van der Waals surface area contributed by atoms with Crippen LogP contribution >= 0.6 is 0 Å². The van der Waals surface area contributed by atoms with Gasteiger partial charge in [-0.25, -0.2) is 13.9 Å². The minimum absolute atomic E-state index is 0.0353. The van der Waals surface area contributed by atoms with Gasteiger partial charge in [-0.2, -0.15) is 4.31 Å². The van der Waals surface area contributed by atoms with Crippen LogP contribution in [0.1, 0.15) is 19.8 Å². The minimum atomic E-state index is -3.93. The average molecular weight is 371 g/mol. The highest BCUT2D eigenvalue weighted by Gasteiger charge is 2.40. The molecule has 0 saturated carbocycles. The summed E-state index contributed by atoms with van der Waals surface area (Å²) in [5.41, 5.74) is 1.48. The summed E-state index contributed by atoms with van der Waals surface area (Å²) in [4.78, 5) is 24.8. The number of rotatable bonds is 5. The molecule has 0 radical (unpaired) electrons. The molecule has 9 nitrogen and oxygen atoms in total. The van der Waals surface area contributed by atoms with Gasteiger partial charge >= 0.3 is 0 Å². The van der Waals surface area contributed by atoms with E-state index in [1.54, 1.807) is 0 Å². The van der Waals surface area contributed by atoms with Crippen LogP contribution in [0.25, 0.3) is 0 Å². The number of hydroxylamine groups is 1. The van der Waals surface area contributed by atoms with Gasteiger partial charge in [-0.05, 0) is 30.7 Å². The number of ether oxygens (including phenoxy) is 1. The zero-order valence-electron chi connectivity index (χ0n) is 14.0. The molecule has 1 saturated heterocycles. The van der Waals surface area contributed by atoms with E-state index in [4.69, 9.17) is 9.94 Å². The highest BCUT2D eigenvalue weighted by molar-refractivity contribution is 7.89. The summed E-state index contributed by atoms with van der Waals surface area (Å²) < 4.78 is 32.1. The summed E-state index contributed by atoms with van der Waals surface area (Å²) in [5.74, 6) is -0.599. The zero-order chi connectivity index (χ0) is 18.6. The predicted molar refractivity (Wildman–Crippen MR) is 87.2 cm³/mol. The number of methoxy groups -OCH3 is 1. The Morgan fingerprint density at radius 1 is 1.28 bits per heavy atom. The number of amides is 2. The largest absolute Gasteiger partial charge is 0.497 e. The Kier molecular flexibility index (Phi) is 5.98. The first kappa shape index (κ1) is 19.2. The summed E-state index contributed by atoms with van der Waals surface area (Å²) in [5, 5.41) is 8.77. The van der Waals surface area contributed by atoms with Gasteiger partial charge in [0.05, 0.1) is 18.4 Å². The number of benzene rings is 1. The number of hydrogen-bond acceptors (Lipinski definition) is 6. The third kappa shape index (κ3) is 4.09. The fourth-order valence-corrected chi connectivity index (χ4v) is 4.43. The molecule has 1 aromatic rings. The summed E-state index contributed by atoms with van der Waals surface area (Å²) >= 11 is 0. The highest BCUT2D eigenvalue weighted by atomic mass is 32.2. The van der Waals surface area contributed by atoms with Crippen molar-refractivity contribution in [2.75, 3.05) is 20.2 Å². The van der Waals surface area contributed by atoms with Crippen molar-refractivity contribution in [2.45, 2.75) is 30.8 Å². The Hall–Kier alpha value is -2.17. The maximum absolute atomic E-state index is 13.0. The highest BCUT2D eigenvalue weighted by Crippen LogP contribution is 2.27. The standard InChI is InChI=1S/C15H21N3O6S/c1-11(19)17-8-3-9-18(15(17)10-14(20)16-21)25(22,23)13-6-4-12(24-2)5-7-13/h4-7,15,21H,3,8-10H2,1-2H3,(H,16,20). The van der Waals surface area contributed by atoms with Crippen LogP contribution in [0.2, 0.25) is 0 Å². The summed E-state index contributed by atoms with van der Waals surface area (Å²) in [6.45, 7) is 1.82. The van der Waals surface area contributed by atoms with Gasteiger partial charge in [0.25, 0.3) is 0 Å². The van der Waals surface area contributed by atoms with E-state index in [2.05, 4.69) is 0 Å². The van der Waals surface area contributed by atoms with E-state index in [-0.39, 0.29) is 23.8 Å². The van der Waals surface area contributed by atoms with Crippen molar-refractivity contribution >= 4 is 21.8 Å². The van der Waals surface area contributed by atoms with Crippen molar-refractivity contribution in [3.8, 4) is 5.75 Å². The van der Waals surface area contributed by atoms with Crippen LogP contribution in [-0.4, -0.2) is 61.0 Å². The van der Waals surface area contributed by atoms with Gasteiger partial charge in [0.2, 0.25) is 21.8 Å². The lowest BCUT2D eigenvalue weighted by molar-refractivity contribution is -0.140. The smallest absolute Gasteiger partial charge is 0.246 e. The van der Waals surface area contributed by atoms with Crippen LogP contribution in [0.4, 0.5) is 0 Å². The zero-order valence-corrected chi connectivity index (χ0v) is 14.8. The van der Waals surface area contributed by atoms with Gasteiger partial charge in [-0.1, -0.05) is 0 Å². The van der Waals surface area contributed by atoms with Gasteiger partial charge in [-0.15, -0.1) is 0 Å². The van der Waals surface area contributed by atoms with E-state index in [9.17, 15) is 18.0 Å². The Bertz CT molecular complexity index is 734. The molecule has 1 aromatic carbocycles. The van der Waals surface area contributed by atoms with Crippen LogP contribution in [0.15, 0.2) is 29.2 Å².